The summed E-state index contributed by atoms with van der Waals surface area (Å²) in [6.07, 6.45) is 10.2. The number of hydrogen-bond donors (Lipinski definition) is 1. The van der Waals surface area contributed by atoms with E-state index in [1.807, 2.05) is 41.1 Å². The molecule has 0 aliphatic carbocycles. The topological polar surface area (TPSA) is 85.7 Å². The summed E-state index contributed by atoms with van der Waals surface area (Å²) in [5, 5.41) is 3.07. The molecule has 0 bridgehead atoms. The summed E-state index contributed by atoms with van der Waals surface area (Å²) in [6, 6.07) is 21.8. The van der Waals surface area contributed by atoms with Crippen molar-refractivity contribution in [3.05, 3.63) is 109 Å². The van der Waals surface area contributed by atoms with Gasteiger partial charge in [-0.1, -0.05) is 51.5 Å². The first-order chi connectivity index (χ1) is 23.8. The average Bonchev–Trinajstić information content (AvgIpc) is 3.45. The minimum Gasteiger partial charge on any atom is -0.491 e. The molecular weight excluding hydrogens is 633 g/mol. The highest BCUT2D eigenvalue weighted by Gasteiger charge is 2.21. The first-order valence-electron chi connectivity index (χ1n) is 17.2. The lowest BCUT2D eigenvalue weighted by Crippen LogP contribution is -2.29. The fourth-order valence-corrected chi connectivity index (χ4v) is 6.86. The van der Waals surface area contributed by atoms with Crippen LogP contribution in [0.5, 0.6) is 5.75 Å². The number of carbonyl (C=O) groups excluding carboxylic acids is 1. The van der Waals surface area contributed by atoms with Crippen molar-refractivity contribution in [2.45, 2.75) is 57.2 Å². The van der Waals surface area contributed by atoms with Gasteiger partial charge in [0.2, 0.25) is 0 Å². The molecule has 1 aliphatic rings. The lowest BCUT2D eigenvalue weighted by atomic mass is 10.00. The van der Waals surface area contributed by atoms with Gasteiger partial charge in [-0.15, -0.1) is 6.58 Å². The van der Waals surface area contributed by atoms with Gasteiger partial charge in [-0.05, 0) is 90.1 Å². The Morgan fingerprint density at radius 1 is 1.04 bits per heavy atom. The zero-order valence-corrected chi connectivity index (χ0v) is 29.7. The lowest BCUT2D eigenvalue weighted by Gasteiger charge is -2.27. The number of aromatic nitrogens is 2. The second kappa shape index (κ2) is 17.8. The summed E-state index contributed by atoms with van der Waals surface area (Å²) < 4.78 is 26.5. The van der Waals surface area contributed by atoms with E-state index in [1.165, 1.54) is 0 Å². The number of fused-ring (bicyclic) bond motifs is 1. The van der Waals surface area contributed by atoms with E-state index in [1.54, 1.807) is 24.4 Å². The van der Waals surface area contributed by atoms with Crippen molar-refractivity contribution in [3.8, 4) is 16.9 Å². The van der Waals surface area contributed by atoms with Crippen LogP contribution in [0.25, 0.3) is 17.2 Å². The van der Waals surface area contributed by atoms with Gasteiger partial charge < -0.3 is 24.3 Å². The minimum atomic E-state index is -1.27. The molecule has 258 valence electrons. The van der Waals surface area contributed by atoms with Crippen LogP contribution in [0.1, 0.15) is 51.4 Å². The molecule has 0 saturated heterocycles. The molecule has 5 rings (SSSR count). The van der Waals surface area contributed by atoms with Gasteiger partial charge in [-0.2, -0.15) is 0 Å². The fraction of sp³-hybridized carbons (Fsp3) is 0.350. The number of allylic oxidation sites excluding steroid dienone is 1. The highest BCUT2D eigenvalue weighted by atomic mass is 32.2. The molecule has 1 atom stereocenters. The summed E-state index contributed by atoms with van der Waals surface area (Å²) >= 11 is 0. The van der Waals surface area contributed by atoms with E-state index in [-0.39, 0.29) is 5.91 Å². The summed E-state index contributed by atoms with van der Waals surface area (Å²) in [5.41, 5.74) is 5.68. The Kier molecular flexibility index (Phi) is 13.0. The van der Waals surface area contributed by atoms with E-state index in [2.05, 4.69) is 72.9 Å². The Bertz CT molecular complexity index is 1740. The van der Waals surface area contributed by atoms with Crippen molar-refractivity contribution >= 4 is 34.2 Å². The van der Waals surface area contributed by atoms with Gasteiger partial charge in [0.15, 0.2) is 0 Å². The maximum atomic E-state index is 13.6. The number of amides is 1. The van der Waals surface area contributed by atoms with Gasteiger partial charge in [0.1, 0.15) is 18.2 Å². The van der Waals surface area contributed by atoms with Crippen LogP contribution in [0.15, 0.2) is 102 Å². The SMILES string of the molecule is C=CCn1ccnc1CS(=O)c1ccc(NC(=O)C2=Cc3cc(-c4ccc(OCCOCCCC)cc4)ccc3N(CC(C)C)CC2)cc1. The Hall–Kier alpha value is -4.47. The number of ether oxygens (including phenoxy) is 2. The molecule has 0 fully saturated rings. The van der Waals surface area contributed by atoms with Crippen molar-refractivity contribution in [1.82, 2.24) is 9.55 Å². The van der Waals surface area contributed by atoms with E-state index in [0.29, 0.717) is 48.4 Å². The zero-order chi connectivity index (χ0) is 34.6. The monoisotopic (exact) mass is 680 g/mol. The number of imidazole rings is 1. The third-order valence-corrected chi connectivity index (χ3v) is 9.63. The molecule has 0 radical (unpaired) electrons. The van der Waals surface area contributed by atoms with Crippen LogP contribution in [0, 0.1) is 5.92 Å². The van der Waals surface area contributed by atoms with Gasteiger partial charge in [0.05, 0.1) is 23.2 Å². The molecular formula is C40H48N4O4S. The predicted molar refractivity (Wildman–Crippen MR) is 200 cm³/mol. The van der Waals surface area contributed by atoms with Crippen LogP contribution < -0.4 is 15.0 Å². The number of anilines is 2. The molecule has 0 saturated carbocycles. The molecule has 1 unspecified atom stereocenters. The van der Waals surface area contributed by atoms with Crippen molar-refractivity contribution in [1.29, 1.82) is 0 Å². The van der Waals surface area contributed by atoms with Crippen LogP contribution in [0.3, 0.4) is 0 Å². The molecule has 3 aromatic carbocycles. The van der Waals surface area contributed by atoms with Gasteiger partial charge in [-0.3, -0.25) is 9.00 Å². The minimum absolute atomic E-state index is 0.136. The fourth-order valence-electron chi connectivity index (χ4n) is 5.78. The van der Waals surface area contributed by atoms with Crippen LogP contribution in [-0.4, -0.2) is 52.6 Å². The van der Waals surface area contributed by atoms with Gasteiger partial charge in [0, 0.05) is 60.5 Å². The van der Waals surface area contributed by atoms with E-state index >= 15 is 0 Å². The quantitative estimate of drug-likeness (QED) is 0.0896. The van der Waals surface area contributed by atoms with E-state index in [9.17, 15) is 9.00 Å². The van der Waals surface area contributed by atoms with Gasteiger partial charge in [0.25, 0.3) is 5.91 Å². The van der Waals surface area contributed by atoms with E-state index in [4.69, 9.17) is 9.47 Å². The normalized spacial score (nSPS) is 13.4. The zero-order valence-electron chi connectivity index (χ0n) is 28.9. The van der Waals surface area contributed by atoms with Crippen molar-refractivity contribution in [2.24, 2.45) is 5.92 Å². The van der Waals surface area contributed by atoms with E-state index in [0.717, 1.165) is 72.1 Å². The molecule has 9 heteroatoms. The second-order valence-corrected chi connectivity index (χ2v) is 14.1. The van der Waals surface area contributed by atoms with Crippen molar-refractivity contribution in [2.75, 3.05) is 43.1 Å². The third-order valence-electron chi connectivity index (χ3n) is 8.32. The third kappa shape index (κ3) is 10.0. The maximum Gasteiger partial charge on any atom is 0.251 e. The van der Waals surface area contributed by atoms with Crippen LogP contribution in [0.4, 0.5) is 11.4 Å². The molecule has 1 amide bonds. The summed E-state index contributed by atoms with van der Waals surface area (Å²) in [5.74, 6) is 2.20. The summed E-state index contributed by atoms with van der Waals surface area (Å²) in [7, 11) is -1.27. The molecule has 8 nitrogen and oxygen atoms in total. The number of carbonyl (C=O) groups is 1. The second-order valence-electron chi connectivity index (χ2n) is 12.6. The Morgan fingerprint density at radius 3 is 2.55 bits per heavy atom. The number of nitrogens with one attached hydrogen (secondary N) is 1. The predicted octanol–water partition coefficient (Wildman–Crippen LogP) is 8.13. The highest BCUT2D eigenvalue weighted by molar-refractivity contribution is 7.84. The average molecular weight is 681 g/mol. The lowest BCUT2D eigenvalue weighted by molar-refractivity contribution is -0.112. The van der Waals surface area contributed by atoms with Crippen molar-refractivity contribution in [3.63, 3.8) is 0 Å². The maximum absolute atomic E-state index is 13.6. The number of benzene rings is 3. The van der Waals surface area contributed by atoms with Crippen LogP contribution in [-0.2, 0) is 32.6 Å². The number of hydrogen-bond acceptors (Lipinski definition) is 6. The van der Waals surface area contributed by atoms with Crippen molar-refractivity contribution < 1.29 is 18.5 Å². The molecule has 49 heavy (non-hydrogen) atoms. The Labute approximate surface area is 293 Å². The largest absolute Gasteiger partial charge is 0.491 e. The molecule has 1 N–H and O–H groups in total. The molecule has 1 aromatic heterocycles. The summed E-state index contributed by atoms with van der Waals surface area (Å²) in [6.45, 7) is 14.5. The Balaban J connectivity index is 1.28. The van der Waals surface area contributed by atoms with Crippen LogP contribution >= 0.6 is 0 Å². The van der Waals surface area contributed by atoms with Gasteiger partial charge >= 0.3 is 0 Å². The molecule has 1 aliphatic heterocycles. The number of nitrogens with zero attached hydrogens (tertiary/aromatic N) is 3. The van der Waals surface area contributed by atoms with Gasteiger partial charge in [-0.25, -0.2) is 4.98 Å². The first-order valence-corrected chi connectivity index (χ1v) is 18.5. The molecule has 4 aromatic rings. The smallest absolute Gasteiger partial charge is 0.251 e. The van der Waals surface area contributed by atoms with Crippen LogP contribution in [0.2, 0.25) is 0 Å². The first kappa shape index (κ1) is 35.8. The van der Waals surface area contributed by atoms with E-state index < -0.39 is 10.8 Å². The number of rotatable bonds is 17. The Morgan fingerprint density at radius 2 is 1.82 bits per heavy atom. The number of unbranched alkanes of at least 4 members (excludes halogenated alkanes) is 1. The highest BCUT2D eigenvalue weighted by Crippen LogP contribution is 2.34. The standard InChI is InChI=1S/C40H48N4O4S/c1-5-7-23-47-24-25-48-36-13-8-31(9-14-36)32-10-17-38-34(26-32)27-33(18-21-44(38)28-30(3)4)40(45)42-35-11-15-37(16-12-35)49(46)29-39-41-19-22-43(39)20-6-2/h6,8-17,19,22,26-27,30H,2,5,7,18,20-21,23-25,28-29H2,1,3-4H3,(H,42,45). The molecule has 2 heterocycles. The molecule has 0 spiro atoms. The summed E-state index contributed by atoms with van der Waals surface area (Å²) in [4.78, 5) is 21.0.